The molecule has 148 valence electrons. The number of aromatic hydroxyl groups is 1. The van der Waals surface area contributed by atoms with E-state index in [4.69, 9.17) is 9.47 Å². The van der Waals surface area contributed by atoms with Crippen LogP contribution in [0.1, 0.15) is 38.2 Å². The van der Waals surface area contributed by atoms with Gasteiger partial charge < -0.3 is 14.6 Å². The highest BCUT2D eigenvalue weighted by atomic mass is 16.5. The summed E-state index contributed by atoms with van der Waals surface area (Å²) in [5.41, 5.74) is 1.34. The number of carbonyl (C=O) groups is 1. The first kappa shape index (κ1) is 18.9. The lowest BCUT2D eigenvalue weighted by Gasteiger charge is -2.38. The monoisotopic (exact) mass is 390 g/mol. The topological polar surface area (TPSA) is 84.5 Å². The van der Waals surface area contributed by atoms with Crippen LogP contribution >= 0.6 is 0 Å². The zero-order chi connectivity index (χ0) is 20.8. The van der Waals surface area contributed by atoms with Crippen molar-refractivity contribution < 1.29 is 19.4 Å². The van der Waals surface area contributed by atoms with Crippen molar-refractivity contribution in [3.63, 3.8) is 0 Å². The Kier molecular flexibility index (Phi) is 4.46. The fourth-order valence-electron chi connectivity index (χ4n) is 4.11. The van der Waals surface area contributed by atoms with Crippen LogP contribution in [-0.2, 0) is 9.53 Å². The van der Waals surface area contributed by atoms with E-state index in [1.165, 1.54) is 13.2 Å². The van der Waals surface area contributed by atoms with E-state index < -0.39 is 5.92 Å². The maximum Gasteiger partial charge on any atom is 0.218 e. The molecule has 0 amide bonds. The second kappa shape index (κ2) is 6.85. The fraction of sp³-hybridized carbons (Fsp3) is 0.304. The molecule has 1 unspecified atom stereocenters. The predicted octanol–water partition coefficient (Wildman–Crippen LogP) is 4.35. The average molecular weight is 390 g/mol. The van der Waals surface area contributed by atoms with Crippen LogP contribution in [0.15, 0.2) is 59.6 Å². The number of allylic oxidation sites excluding steroid dienone is 3. The Hall–Kier alpha value is -3.46. The molecule has 6 nitrogen and oxygen atoms in total. The van der Waals surface area contributed by atoms with E-state index in [0.29, 0.717) is 46.9 Å². The molecule has 0 saturated carbocycles. The summed E-state index contributed by atoms with van der Waals surface area (Å²) >= 11 is 0. The minimum absolute atomic E-state index is 0.00161. The molecule has 2 aromatic rings. The first-order valence-electron chi connectivity index (χ1n) is 9.43. The van der Waals surface area contributed by atoms with Crippen molar-refractivity contribution in [1.29, 1.82) is 5.26 Å². The number of hydrogen-bond donors (Lipinski definition) is 1. The van der Waals surface area contributed by atoms with Crippen molar-refractivity contribution in [2.24, 2.45) is 5.41 Å². The average Bonchev–Trinajstić information content (AvgIpc) is 3.20. The van der Waals surface area contributed by atoms with Crippen molar-refractivity contribution >= 4 is 11.7 Å². The molecule has 2 aliphatic rings. The number of aromatic nitrogens is 1. The third kappa shape index (κ3) is 3.19. The van der Waals surface area contributed by atoms with Crippen molar-refractivity contribution in [1.82, 2.24) is 4.57 Å². The first-order chi connectivity index (χ1) is 13.8. The van der Waals surface area contributed by atoms with E-state index >= 15 is 0 Å². The van der Waals surface area contributed by atoms with Gasteiger partial charge in [-0.25, -0.2) is 0 Å². The van der Waals surface area contributed by atoms with Gasteiger partial charge >= 0.3 is 0 Å². The summed E-state index contributed by atoms with van der Waals surface area (Å²) < 4.78 is 13.2. The van der Waals surface area contributed by atoms with Crippen molar-refractivity contribution in [3.05, 3.63) is 65.2 Å². The maximum atomic E-state index is 13.1. The molecule has 1 aliphatic carbocycles. The molecule has 0 fully saturated rings. The van der Waals surface area contributed by atoms with E-state index in [9.17, 15) is 15.2 Å². The highest BCUT2D eigenvalue weighted by molar-refractivity contribution is 6.00. The predicted molar refractivity (Wildman–Crippen MR) is 107 cm³/mol. The van der Waals surface area contributed by atoms with Gasteiger partial charge in [-0.2, -0.15) is 5.26 Å². The summed E-state index contributed by atoms with van der Waals surface area (Å²) in [5.74, 6) is 0.693. The minimum atomic E-state index is -0.584. The Balaban J connectivity index is 1.96. The summed E-state index contributed by atoms with van der Waals surface area (Å²) in [6.07, 6.45) is 4.60. The molecule has 1 atom stereocenters. The van der Waals surface area contributed by atoms with E-state index in [-0.39, 0.29) is 16.9 Å². The molecule has 1 aromatic carbocycles. The lowest BCUT2D eigenvalue weighted by molar-refractivity contribution is -0.118. The number of benzene rings is 1. The molecule has 1 N–H and O–H groups in total. The molecule has 1 aliphatic heterocycles. The summed E-state index contributed by atoms with van der Waals surface area (Å²) in [5, 5.41) is 20.0. The molecular weight excluding hydrogens is 368 g/mol. The Labute approximate surface area is 169 Å². The van der Waals surface area contributed by atoms with Gasteiger partial charge in [0.25, 0.3) is 0 Å². The molecule has 6 heteroatoms. The van der Waals surface area contributed by atoms with Gasteiger partial charge in [-0.1, -0.05) is 19.9 Å². The molecule has 4 rings (SSSR count). The van der Waals surface area contributed by atoms with Gasteiger partial charge in [0.05, 0.1) is 13.0 Å². The van der Waals surface area contributed by atoms with Gasteiger partial charge in [0.2, 0.25) is 5.88 Å². The van der Waals surface area contributed by atoms with Crippen LogP contribution in [0.3, 0.4) is 0 Å². The number of phenolic OH excluding ortho intramolecular Hbond substituents is 1. The highest BCUT2D eigenvalue weighted by Gasteiger charge is 2.43. The minimum Gasteiger partial charge on any atom is -0.504 e. The lowest BCUT2D eigenvalue weighted by atomic mass is 9.70. The standard InChI is InChI=1S/C23H22N2O4/c1-23(2)11-17(27)21-19(12-23)29-22(25-8-4-5-9-25)15(13-24)20(21)14-6-7-16(26)18(10-14)28-3/h4-10,20,26H,11-12H2,1-3H3. The fourth-order valence-corrected chi connectivity index (χ4v) is 4.11. The Morgan fingerprint density at radius 1 is 1.28 bits per heavy atom. The lowest BCUT2D eigenvalue weighted by Crippen LogP contribution is -2.32. The SMILES string of the molecule is COc1cc(C2C(C#N)=C(n3cccc3)OC3=C2C(=O)CC(C)(C)C3)ccc1O. The van der Waals surface area contributed by atoms with E-state index in [2.05, 4.69) is 6.07 Å². The summed E-state index contributed by atoms with van der Waals surface area (Å²) in [7, 11) is 1.47. The van der Waals surface area contributed by atoms with Crippen molar-refractivity contribution in [2.45, 2.75) is 32.6 Å². The first-order valence-corrected chi connectivity index (χ1v) is 9.43. The highest BCUT2D eigenvalue weighted by Crippen LogP contribution is 2.50. The van der Waals surface area contributed by atoms with Crippen LogP contribution in [0.5, 0.6) is 11.5 Å². The third-order valence-electron chi connectivity index (χ3n) is 5.40. The molecule has 0 saturated heterocycles. The number of ether oxygens (including phenoxy) is 2. The third-order valence-corrected chi connectivity index (χ3v) is 5.40. The molecule has 0 radical (unpaired) electrons. The van der Waals surface area contributed by atoms with Crippen LogP contribution in [-0.4, -0.2) is 22.6 Å². The number of phenols is 1. The molecular formula is C23H22N2O4. The van der Waals surface area contributed by atoms with Crippen LogP contribution in [0, 0.1) is 16.7 Å². The summed E-state index contributed by atoms with van der Waals surface area (Å²) in [6.45, 7) is 4.07. The van der Waals surface area contributed by atoms with Gasteiger partial charge in [-0.05, 0) is 35.2 Å². The Morgan fingerprint density at radius 2 is 2.00 bits per heavy atom. The second-order valence-corrected chi connectivity index (χ2v) is 8.17. The van der Waals surface area contributed by atoms with E-state index in [1.54, 1.807) is 16.7 Å². The molecule has 0 spiro atoms. The molecule has 1 aromatic heterocycles. The van der Waals surface area contributed by atoms with Crippen molar-refractivity contribution in [3.8, 4) is 17.6 Å². The number of hydrogen-bond acceptors (Lipinski definition) is 5. The van der Waals surface area contributed by atoms with E-state index in [1.807, 2.05) is 38.4 Å². The molecule has 29 heavy (non-hydrogen) atoms. The quantitative estimate of drug-likeness (QED) is 0.842. The van der Waals surface area contributed by atoms with Gasteiger partial charge in [0.15, 0.2) is 17.3 Å². The largest absolute Gasteiger partial charge is 0.504 e. The summed E-state index contributed by atoms with van der Waals surface area (Å²) in [6, 6.07) is 10.9. The molecule has 0 bridgehead atoms. The number of rotatable bonds is 3. The van der Waals surface area contributed by atoms with Crippen LogP contribution < -0.4 is 4.74 Å². The Bertz CT molecular complexity index is 1080. The van der Waals surface area contributed by atoms with Gasteiger partial charge in [0, 0.05) is 30.8 Å². The van der Waals surface area contributed by atoms with Crippen molar-refractivity contribution in [2.75, 3.05) is 7.11 Å². The number of ketones is 1. The van der Waals surface area contributed by atoms with Gasteiger partial charge in [-0.3, -0.25) is 9.36 Å². The summed E-state index contributed by atoms with van der Waals surface area (Å²) in [4.78, 5) is 13.1. The molecule has 2 heterocycles. The second-order valence-electron chi connectivity index (χ2n) is 8.17. The Morgan fingerprint density at radius 3 is 2.66 bits per heavy atom. The number of nitriles is 1. The van der Waals surface area contributed by atoms with E-state index in [0.717, 1.165) is 0 Å². The smallest absolute Gasteiger partial charge is 0.218 e. The number of methoxy groups -OCH3 is 1. The maximum absolute atomic E-state index is 13.1. The number of carbonyl (C=O) groups excluding carboxylic acids is 1. The zero-order valence-electron chi connectivity index (χ0n) is 16.6. The number of nitrogens with zero attached hydrogens (tertiary/aromatic N) is 2. The zero-order valence-corrected chi connectivity index (χ0v) is 16.6. The van der Waals surface area contributed by atoms with Gasteiger partial charge in [-0.15, -0.1) is 0 Å². The van der Waals surface area contributed by atoms with Crippen LogP contribution in [0.25, 0.3) is 5.88 Å². The number of Topliss-reactive ketones (excluding diaryl/α,β-unsaturated/α-hetero) is 1. The normalized spacial score (nSPS) is 20.8. The van der Waals surface area contributed by atoms with Crippen LogP contribution in [0.4, 0.5) is 0 Å². The van der Waals surface area contributed by atoms with Crippen LogP contribution in [0.2, 0.25) is 0 Å². The van der Waals surface area contributed by atoms with Gasteiger partial charge in [0.1, 0.15) is 17.4 Å².